The van der Waals surface area contributed by atoms with Gasteiger partial charge in [-0.15, -0.1) is 0 Å². The van der Waals surface area contributed by atoms with Gasteiger partial charge in [-0.25, -0.2) is 9.97 Å². The number of aromatic nitrogens is 3. The zero-order chi connectivity index (χ0) is 18.9. The number of alkyl halides is 3. The molecule has 0 saturated carbocycles. The minimum atomic E-state index is -4.37. The molecule has 0 radical (unpaired) electrons. The lowest BCUT2D eigenvalue weighted by Gasteiger charge is -2.24. The summed E-state index contributed by atoms with van der Waals surface area (Å²) in [6, 6.07) is 4.16. The van der Waals surface area contributed by atoms with Crippen molar-refractivity contribution in [2.45, 2.75) is 44.9 Å². The van der Waals surface area contributed by atoms with Crippen LogP contribution in [-0.4, -0.2) is 34.2 Å². The lowest BCUT2D eigenvalue weighted by molar-refractivity contribution is -0.141. The van der Waals surface area contributed by atoms with E-state index in [4.69, 9.17) is 0 Å². The molecule has 5 nitrogen and oxygen atoms in total. The zero-order valence-corrected chi connectivity index (χ0v) is 15.2. The first-order valence-corrected chi connectivity index (χ1v) is 9.53. The summed E-state index contributed by atoms with van der Waals surface area (Å²) in [7, 11) is 0. The van der Waals surface area contributed by atoms with Gasteiger partial charge in [-0.05, 0) is 43.4 Å². The van der Waals surface area contributed by atoms with E-state index in [1.165, 1.54) is 12.8 Å². The van der Waals surface area contributed by atoms with E-state index in [1.807, 2.05) is 6.20 Å². The van der Waals surface area contributed by atoms with Gasteiger partial charge >= 0.3 is 6.18 Å². The third-order valence-corrected chi connectivity index (χ3v) is 5.38. The molecule has 1 N–H and O–H groups in total. The maximum Gasteiger partial charge on any atom is 0.434 e. The number of fused-ring (bicyclic) bond motifs is 1. The van der Waals surface area contributed by atoms with Crippen molar-refractivity contribution in [3.63, 3.8) is 0 Å². The third-order valence-electron chi connectivity index (χ3n) is 5.38. The number of halogens is 3. The number of pyridine rings is 1. The van der Waals surface area contributed by atoms with Crippen molar-refractivity contribution in [3.8, 4) is 0 Å². The average Bonchev–Trinajstić information content (AvgIpc) is 3.31. The highest BCUT2D eigenvalue weighted by atomic mass is 19.4. The van der Waals surface area contributed by atoms with Crippen LogP contribution in [0.3, 0.4) is 0 Å². The van der Waals surface area contributed by atoms with Crippen LogP contribution in [0, 0.1) is 5.92 Å². The number of anilines is 1. The van der Waals surface area contributed by atoms with Gasteiger partial charge < -0.3 is 14.8 Å². The molecule has 4 rings (SSSR count). The maximum atomic E-state index is 12.8. The summed E-state index contributed by atoms with van der Waals surface area (Å²) < 4.78 is 40.0. The van der Waals surface area contributed by atoms with Crippen molar-refractivity contribution >= 4 is 5.82 Å². The van der Waals surface area contributed by atoms with E-state index in [0.29, 0.717) is 31.3 Å². The van der Waals surface area contributed by atoms with Crippen LogP contribution in [0.15, 0.2) is 24.5 Å². The van der Waals surface area contributed by atoms with Crippen molar-refractivity contribution in [1.82, 2.24) is 19.9 Å². The van der Waals surface area contributed by atoms with Crippen LogP contribution in [0.1, 0.15) is 36.3 Å². The van der Waals surface area contributed by atoms with Crippen molar-refractivity contribution in [2.24, 2.45) is 5.92 Å². The Morgan fingerprint density at radius 2 is 2.00 bits per heavy atom. The van der Waals surface area contributed by atoms with Crippen LogP contribution >= 0.6 is 0 Å². The van der Waals surface area contributed by atoms with E-state index in [2.05, 4.69) is 32.3 Å². The summed E-state index contributed by atoms with van der Waals surface area (Å²) in [5.74, 6) is 1.89. The molecule has 1 saturated heterocycles. The Balaban J connectivity index is 1.27. The quantitative estimate of drug-likeness (QED) is 0.866. The summed E-state index contributed by atoms with van der Waals surface area (Å²) in [6.45, 7) is 4.23. The molecule has 0 aliphatic carbocycles. The number of imidazole rings is 1. The number of nitrogens with zero attached hydrogens (tertiary/aromatic N) is 4. The monoisotopic (exact) mass is 379 g/mol. The normalized spacial score (nSPS) is 20.1. The largest absolute Gasteiger partial charge is 0.434 e. The van der Waals surface area contributed by atoms with Gasteiger partial charge in [0.2, 0.25) is 0 Å². The molecule has 2 aromatic rings. The molecule has 2 aliphatic rings. The van der Waals surface area contributed by atoms with E-state index in [-0.39, 0.29) is 0 Å². The summed E-state index contributed by atoms with van der Waals surface area (Å²) in [6.07, 6.45) is 2.59. The molecule has 0 unspecified atom stereocenters. The average molecular weight is 379 g/mol. The molecule has 0 spiro atoms. The molecule has 2 aromatic heterocycles. The van der Waals surface area contributed by atoms with Crippen molar-refractivity contribution < 1.29 is 13.2 Å². The Morgan fingerprint density at radius 3 is 2.70 bits per heavy atom. The minimum absolute atomic E-state index is 0.310. The van der Waals surface area contributed by atoms with Gasteiger partial charge in [0.15, 0.2) is 5.69 Å². The zero-order valence-electron chi connectivity index (χ0n) is 15.2. The Hall–Kier alpha value is -2.09. The molecule has 0 aromatic carbocycles. The highest BCUT2D eigenvalue weighted by Crippen LogP contribution is 2.30. The second-order valence-corrected chi connectivity index (χ2v) is 7.45. The van der Waals surface area contributed by atoms with E-state index in [0.717, 1.165) is 43.6 Å². The molecule has 2 aliphatic heterocycles. The predicted molar refractivity (Wildman–Crippen MR) is 96.4 cm³/mol. The van der Waals surface area contributed by atoms with Crippen LogP contribution < -0.4 is 10.2 Å². The predicted octanol–water partition coefficient (Wildman–Crippen LogP) is 3.25. The first-order valence-electron chi connectivity index (χ1n) is 9.53. The topological polar surface area (TPSA) is 46.0 Å². The SMILES string of the molecule is FC(F)(F)c1cn2c(n1)CC[C@H](CNCc1ccc(N3CCCC3)nc1)C2. The number of nitrogens with one attached hydrogen (secondary N) is 1. The molecule has 8 heteroatoms. The molecule has 1 fully saturated rings. The maximum absolute atomic E-state index is 12.8. The van der Waals surface area contributed by atoms with Gasteiger partial charge in [0.05, 0.1) is 0 Å². The second-order valence-electron chi connectivity index (χ2n) is 7.45. The fraction of sp³-hybridized carbons (Fsp3) is 0.579. The molecule has 1 atom stereocenters. The third kappa shape index (κ3) is 4.26. The Bertz CT molecular complexity index is 763. The number of hydrogen-bond acceptors (Lipinski definition) is 4. The van der Waals surface area contributed by atoms with E-state index in [1.54, 1.807) is 4.57 Å². The highest BCUT2D eigenvalue weighted by Gasteiger charge is 2.35. The standard InChI is InChI=1S/C19H24F3N5/c20-19(21,22)16-13-27-12-15(4-6-18(27)25-16)10-23-9-14-3-5-17(24-11-14)26-7-1-2-8-26/h3,5,11,13,15,23H,1-2,4,6-10,12H2/t15-/m1/s1. The van der Waals surface area contributed by atoms with E-state index >= 15 is 0 Å². The molecular formula is C19H24F3N5. The number of aryl methyl sites for hydroxylation is 1. The second kappa shape index (κ2) is 7.50. The molecular weight excluding hydrogens is 355 g/mol. The molecule has 0 bridgehead atoms. The van der Waals surface area contributed by atoms with E-state index in [9.17, 15) is 13.2 Å². The summed E-state index contributed by atoms with van der Waals surface area (Å²) >= 11 is 0. The Morgan fingerprint density at radius 1 is 1.19 bits per heavy atom. The lowest BCUT2D eigenvalue weighted by atomic mass is 9.99. The summed E-state index contributed by atoms with van der Waals surface area (Å²) in [5.41, 5.74) is 0.340. The van der Waals surface area contributed by atoms with Crippen LogP contribution in [0.2, 0.25) is 0 Å². The van der Waals surface area contributed by atoms with Crippen molar-refractivity contribution in [1.29, 1.82) is 0 Å². The van der Waals surface area contributed by atoms with E-state index < -0.39 is 11.9 Å². The van der Waals surface area contributed by atoms with Gasteiger partial charge in [-0.2, -0.15) is 13.2 Å². The van der Waals surface area contributed by atoms with Gasteiger partial charge in [0.1, 0.15) is 11.6 Å². The molecule has 27 heavy (non-hydrogen) atoms. The van der Waals surface area contributed by atoms with Crippen molar-refractivity contribution in [3.05, 3.63) is 41.6 Å². The van der Waals surface area contributed by atoms with Gasteiger partial charge in [-0.1, -0.05) is 6.07 Å². The first-order chi connectivity index (χ1) is 13.0. The Kier molecular flexibility index (Phi) is 5.08. The fourth-order valence-electron chi connectivity index (χ4n) is 3.89. The van der Waals surface area contributed by atoms with Crippen LogP contribution in [0.5, 0.6) is 0 Å². The summed E-state index contributed by atoms with van der Waals surface area (Å²) in [4.78, 5) is 10.6. The Labute approximate surface area is 156 Å². The van der Waals surface area contributed by atoms with Gasteiger partial charge in [0.25, 0.3) is 0 Å². The van der Waals surface area contributed by atoms with Gasteiger partial charge in [0, 0.05) is 45.0 Å². The lowest BCUT2D eigenvalue weighted by Crippen LogP contribution is -2.29. The van der Waals surface area contributed by atoms with Crippen molar-refractivity contribution in [2.75, 3.05) is 24.5 Å². The minimum Gasteiger partial charge on any atom is -0.357 e. The van der Waals surface area contributed by atoms with Crippen LogP contribution in [0.4, 0.5) is 19.0 Å². The first kappa shape index (κ1) is 18.3. The highest BCUT2D eigenvalue weighted by molar-refractivity contribution is 5.40. The molecule has 0 amide bonds. The molecule has 146 valence electrons. The summed E-state index contributed by atoms with van der Waals surface area (Å²) in [5, 5.41) is 3.42. The molecule has 4 heterocycles. The van der Waals surface area contributed by atoms with Gasteiger partial charge in [-0.3, -0.25) is 0 Å². The van der Waals surface area contributed by atoms with Crippen LogP contribution in [-0.2, 0) is 25.7 Å². The smallest absolute Gasteiger partial charge is 0.357 e. The number of hydrogen-bond donors (Lipinski definition) is 1. The van der Waals surface area contributed by atoms with Crippen LogP contribution in [0.25, 0.3) is 0 Å². The fourth-order valence-corrected chi connectivity index (χ4v) is 3.89. The number of rotatable bonds is 5.